The summed E-state index contributed by atoms with van der Waals surface area (Å²) in [5, 5.41) is 20.3. The van der Waals surface area contributed by atoms with Crippen molar-refractivity contribution >= 4 is 45.6 Å². The molecule has 1 aromatic heterocycles. The quantitative estimate of drug-likeness (QED) is 0.0518. The lowest BCUT2D eigenvalue weighted by Gasteiger charge is -2.28. The Morgan fingerprint density at radius 3 is 2.10 bits per heavy atom. The second-order valence-corrected chi connectivity index (χ2v) is 17.6. The van der Waals surface area contributed by atoms with Gasteiger partial charge in [-0.1, -0.05) is 76.8 Å². The lowest BCUT2D eigenvalue weighted by molar-refractivity contribution is -0.138. The molecule has 18 nitrogen and oxygen atoms in total. The molecule has 2 heterocycles. The molecule has 1 fully saturated rings. The number of hydrogen-bond donors (Lipinski definition) is 7. The summed E-state index contributed by atoms with van der Waals surface area (Å²) in [7, 11) is -4.56. The number of imidazole rings is 1. The Balaban J connectivity index is 1.76. The van der Waals surface area contributed by atoms with Crippen LogP contribution >= 0.6 is 0 Å². The number of hydrogen-bond acceptors (Lipinski definition) is 10. The van der Waals surface area contributed by atoms with Gasteiger partial charge in [0.15, 0.2) is 0 Å². The highest BCUT2D eigenvalue weighted by Crippen LogP contribution is 2.19. The van der Waals surface area contributed by atoms with Gasteiger partial charge >= 0.3 is 0 Å². The molecular formula is C41H64N8O10S. The van der Waals surface area contributed by atoms with Crippen LogP contribution in [0.2, 0.25) is 0 Å². The Labute approximate surface area is 352 Å². The Hall–Kier alpha value is -4.88. The molecule has 2 aromatic rings. The Morgan fingerprint density at radius 1 is 0.867 bits per heavy atom. The first-order valence-corrected chi connectivity index (χ1v) is 22.4. The number of carbonyl (C=O) groups is 6. The smallest absolute Gasteiger partial charge is 0.265 e. The van der Waals surface area contributed by atoms with Gasteiger partial charge in [0.25, 0.3) is 10.1 Å². The second kappa shape index (κ2) is 24.4. The van der Waals surface area contributed by atoms with E-state index in [2.05, 4.69) is 38.4 Å². The number of primary amides is 1. The van der Waals surface area contributed by atoms with Crippen molar-refractivity contribution in [3.63, 3.8) is 0 Å². The predicted molar refractivity (Wildman–Crippen MR) is 223 cm³/mol. The van der Waals surface area contributed by atoms with Gasteiger partial charge in [-0.15, -0.1) is 0 Å². The first kappa shape index (κ1) is 49.5. The van der Waals surface area contributed by atoms with E-state index >= 15 is 0 Å². The van der Waals surface area contributed by atoms with Crippen LogP contribution in [0, 0.1) is 11.8 Å². The molecule has 3 rings (SSSR count). The number of aliphatic hydroxyl groups is 1. The molecule has 334 valence electrons. The summed E-state index contributed by atoms with van der Waals surface area (Å²) in [5.74, 6) is -6.70. The zero-order valence-electron chi connectivity index (χ0n) is 35.2. The van der Waals surface area contributed by atoms with Crippen LogP contribution in [-0.2, 0) is 58.3 Å². The number of nitrogens with two attached hydrogens (primary N) is 1. The first-order valence-electron chi connectivity index (χ1n) is 20.8. The molecule has 0 spiro atoms. The Kier molecular flexibility index (Phi) is 20.1. The number of benzene rings is 1. The summed E-state index contributed by atoms with van der Waals surface area (Å²) in [6.07, 6.45) is 11.5. The number of carbonyl (C=O) groups excluding carboxylic acids is 6. The van der Waals surface area contributed by atoms with E-state index in [0.29, 0.717) is 31.6 Å². The van der Waals surface area contributed by atoms with Gasteiger partial charge in [-0.05, 0) is 50.0 Å². The van der Waals surface area contributed by atoms with E-state index in [1.54, 1.807) is 12.5 Å². The average Bonchev–Trinajstić information content (AvgIpc) is 3.86. The van der Waals surface area contributed by atoms with Crippen molar-refractivity contribution in [2.24, 2.45) is 17.6 Å². The summed E-state index contributed by atoms with van der Waals surface area (Å²) >= 11 is 0. The second-order valence-electron chi connectivity index (χ2n) is 16.1. The molecule has 1 aliphatic heterocycles. The third-order valence-electron chi connectivity index (χ3n) is 10.6. The van der Waals surface area contributed by atoms with Gasteiger partial charge in [-0.2, -0.15) is 8.42 Å². The standard InChI is InChI=1S/C41H64N8O10S/c1-27(2)21-32(45-41(56)35-18-14-20-49(35)29(4)51)38(53)44-33(39(54)46-34(24-50)40(55)47-36(37(42)52)28(3)25-60(57,58)59)22-31-23-43-26-48(31)19-13-8-6-5-7-10-15-30-16-11-9-12-17-30/h9,11-12,16-17,23,26-28,32-36,50H,5-8,10,13-15,18-22,24-25H2,1-4H3,(H2,42,52)(H,44,53)(H,45,56)(H,46,54)(H,47,55)(H,57,58,59)/t28-,32-,33-,34-,35-,36-/m0/s1. The molecule has 1 aliphatic rings. The molecule has 0 radical (unpaired) electrons. The minimum Gasteiger partial charge on any atom is -0.394 e. The monoisotopic (exact) mass is 860 g/mol. The molecule has 0 unspecified atom stereocenters. The van der Waals surface area contributed by atoms with Gasteiger partial charge in [-0.25, -0.2) is 4.98 Å². The number of aryl methyl sites for hydroxylation is 2. The number of nitrogens with one attached hydrogen (secondary N) is 4. The fraction of sp³-hybridized carbons (Fsp3) is 0.634. The zero-order chi connectivity index (χ0) is 44.4. The third kappa shape index (κ3) is 16.6. The number of nitrogens with zero attached hydrogens (tertiary/aromatic N) is 3. The molecule has 19 heteroatoms. The van der Waals surface area contributed by atoms with Crippen LogP contribution in [0.1, 0.15) is 96.7 Å². The van der Waals surface area contributed by atoms with Crippen LogP contribution in [-0.4, -0.2) is 117 Å². The van der Waals surface area contributed by atoms with E-state index in [1.807, 2.05) is 36.6 Å². The lowest BCUT2D eigenvalue weighted by Crippen LogP contribution is -2.60. The maximum Gasteiger partial charge on any atom is 0.265 e. The summed E-state index contributed by atoms with van der Waals surface area (Å²) in [6.45, 7) is 6.39. The highest BCUT2D eigenvalue weighted by Gasteiger charge is 2.37. The highest BCUT2D eigenvalue weighted by molar-refractivity contribution is 7.85. The number of amides is 6. The summed E-state index contributed by atoms with van der Waals surface area (Å²) in [5.41, 5.74) is 7.32. The SMILES string of the molecule is CC(=O)N1CCC[C@H]1C(=O)N[C@@H](CC(C)C)C(=O)N[C@@H](Cc1cncn1CCCCCCCCc1ccccc1)C(=O)N[C@@H](CO)C(=O)N[C@H](C(N)=O)[C@@H](C)CS(=O)(=O)O. The topological polar surface area (TPSA) is 272 Å². The zero-order valence-corrected chi connectivity index (χ0v) is 36.0. The van der Waals surface area contributed by atoms with Gasteiger partial charge in [0.2, 0.25) is 35.4 Å². The molecule has 6 amide bonds. The number of aliphatic hydroxyl groups excluding tert-OH is 1. The molecule has 0 saturated carbocycles. The molecular weight excluding hydrogens is 797 g/mol. The minimum absolute atomic E-state index is 0.0741. The predicted octanol–water partition coefficient (Wildman–Crippen LogP) is 1.01. The number of aromatic nitrogens is 2. The summed E-state index contributed by atoms with van der Waals surface area (Å²) in [4.78, 5) is 84.8. The Morgan fingerprint density at radius 2 is 1.48 bits per heavy atom. The molecule has 0 bridgehead atoms. The number of likely N-dealkylation sites (tertiary alicyclic amines) is 1. The number of rotatable bonds is 26. The van der Waals surface area contributed by atoms with Crippen LogP contribution in [0.5, 0.6) is 0 Å². The van der Waals surface area contributed by atoms with Crippen molar-refractivity contribution in [3.05, 3.63) is 54.1 Å². The van der Waals surface area contributed by atoms with Crippen molar-refractivity contribution < 1.29 is 46.8 Å². The van der Waals surface area contributed by atoms with E-state index in [4.69, 9.17) is 5.73 Å². The molecule has 60 heavy (non-hydrogen) atoms. The Bertz CT molecular complexity index is 1840. The van der Waals surface area contributed by atoms with Crippen LogP contribution in [0.15, 0.2) is 42.9 Å². The van der Waals surface area contributed by atoms with Crippen LogP contribution in [0.25, 0.3) is 0 Å². The largest absolute Gasteiger partial charge is 0.394 e. The van der Waals surface area contributed by atoms with Gasteiger partial charge < -0.3 is 41.6 Å². The van der Waals surface area contributed by atoms with Gasteiger partial charge in [0.05, 0.1) is 18.7 Å². The molecule has 6 atom stereocenters. The van der Waals surface area contributed by atoms with Crippen LogP contribution < -0.4 is 27.0 Å². The van der Waals surface area contributed by atoms with Crippen molar-refractivity contribution in [2.45, 2.75) is 135 Å². The highest BCUT2D eigenvalue weighted by atomic mass is 32.2. The first-order chi connectivity index (χ1) is 28.4. The maximum absolute atomic E-state index is 14.0. The van der Waals surface area contributed by atoms with Gasteiger partial charge in [-0.3, -0.25) is 33.3 Å². The molecule has 1 aromatic carbocycles. The average molecular weight is 861 g/mol. The van der Waals surface area contributed by atoms with Crippen molar-refractivity contribution in [3.8, 4) is 0 Å². The normalized spacial score (nSPS) is 16.6. The van der Waals surface area contributed by atoms with Crippen LogP contribution in [0.3, 0.4) is 0 Å². The maximum atomic E-state index is 14.0. The van der Waals surface area contributed by atoms with E-state index < -0.39 is 88.1 Å². The molecule has 8 N–H and O–H groups in total. The van der Waals surface area contributed by atoms with Crippen LogP contribution in [0.4, 0.5) is 0 Å². The van der Waals surface area contributed by atoms with Crippen molar-refractivity contribution in [2.75, 3.05) is 18.9 Å². The third-order valence-corrected chi connectivity index (χ3v) is 11.5. The minimum atomic E-state index is -4.56. The molecule has 0 aliphatic carbocycles. The summed E-state index contributed by atoms with van der Waals surface area (Å²) < 4.78 is 34.1. The van der Waals surface area contributed by atoms with Crippen molar-refractivity contribution in [1.29, 1.82) is 0 Å². The van der Waals surface area contributed by atoms with Crippen molar-refractivity contribution in [1.82, 2.24) is 35.7 Å². The van der Waals surface area contributed by atoms with E-state index in [1.165, 1.54) is 24.3 Å². The fourth-order valence-corrected chi connectivity index (χ4v) is 8.26. The van der Waals surface area contributed by atoms with E-state index in [0.717, 1.165) is 44.9 Å². The molecule has 1 saturated heterocycles. The summed E-state index contributed by atoms with van der Waals surface area (Å²) in [6, 6.07) is 3.88. The van der Waals surface area contributed by atoms with Gasteiger partial charge in [0.1, 0.15) is 30.2 Å². The fourth-order valence-electron chi connectivity index (χ4n) is 7.40. The number of unbranched alkanes of at least 4 members (excludes halogenated alkanes) is 5. The van der Waals surface area contributed by atoms with Gasteiger partial charge in [0, 0.05) is 44.2 Å². The lowest BCUT2D eigenvalue weighted by atomic mass is 10.0. The van der Waals surface area contributed by atoms with E-state index in [-0.39, 0.29) is 24.7 Å². The van der Waals surface area contributed by atoms with E-state index in [9.17, 15) is 46.8 Å².